The van der Waals surface area contributed by atoms with E-state index in [0.717, 1.165) is 33.0 Å². The number of ether oxygens (including phenoxy) is 1. The lowest BCUT2D eigenvalue weighted by Crippen LogP contribution is -2.37. The van der Waals surface area contributed by atoms with Gasteiger partial charge in [-0.25, -0.2) is 10.6 Å². The fourth-order valence-corrected chi connectivity index (χ4v) is 2.52. The minimum atomic E-state index is -0.395. The number of nitrogens with zero attached hydrogens (tertiary/aromatic N) is 1. The highest BCUT2D eigenvalue weighted by molar-refractivity contribution is 5.97. The van der Waals surface area contributed by atoms with E-state index >= 15 is 0 Å². The molecule has 25 heavy (non-hydrogen) atoms. The van der Waals surface area contributed by atoms with Crippen LogP contribution < -0.4 is 15.9 Å². The number of nitrogens with two attached hydrogens (primary N) is 1. The molecule has 2 rings (SSSR count). The highest BCUT2D eigenvalue weighted by Gasteiger charge is 2.12. The second-order valence-electron chi connectivity index (χ2n) is 6.03. The van der Waals surface area contributed by atoms with Crippen LogP contribution in [0.25, 0.3) is 0 Å². The first-order chi connectivity index (χ1) is 11.8. The number of carbonyl (C=O) groups is 1. The maximum Gasteiger partial charge on any atom is 0.335 e. The van der Waals surface area contributed by atoms with E-state index in [9.17, 15) is 4.79 Å². The number of amides is 2. The maximum absolute atomic E-state index is 11.8. The van der Waals surface area contributed by atoms with Crippen molar-refractivity contribution in [3.05, 3.63) is 58.7 Å². The zero-order valence-corrected chi connectivity index (χ0v) is 15.0. The van der Waals surface area contributed by atoms with E-state index in [1.54, 1.807) is 6.92 Å². The van der Waals surface area contributed by atoms with Crippen LogP contribution >= 0.6 is 0 Å². The van der Waals surface area contributed by atoms with Crippen LogP contribution in [0.1, 0.15) is 29.2 Å². The minimum Gasteiger partial charge on any atom is -0.489 e. The van der Waals surface area contributed by atoms with E-state index in [2.05, 4.69) is 5.32 Å². The van der Waals surface area contributed by atoms with E-state index in [1.807, 2.05) is 50.2 Å². The van der Waals surface area contributed by atoms with Gasteiger partial charge in [-0.05, 0) is 61.7 Å². The van der Waals surface area contributed by atoms with Crippen LogP contribution in [0.3, 0.4) is 0 Å². The summed E-state index contributed by atoms with van der Waals surface area (Å²) >= 11 is 0. The van der Waals surface area contributed by atoms with Crippen LogP contribution in [0.4, 0.5) is 10.5 Å². The first kappa shape index (κ1) is 18.5. The smallest absolute Gasteiger partial charge is 0.335 e. The number of rotatable bonds is 5. The summed E-state index contributed by atoms with van der Waals surface area (Å²) in [6.07, 6.45) is 0. The number of anilines is 1. The van der Waals surface area contributed by atoms with E-state index < -0.39 is 6.03 Å². The Hall–Kier alpha value is -2.86. The molecule has 2 aromatic rings. The second kappa shape index (κ2) is 7.81. The molecule has 0 heterocycles. The van der Waals surface area contributed by atoms with Crippen LogP contribution in [0.15, 0.2) is 36.4 Å². The third-order valence-electron chi connectivity index (χ3n) is 3.96. The quantitative estimate of drug-likeness (QED) is 0.336. The normalized spacial score (nSPS) is 10.3. The van der Waals surface area contributed by atoms with Crippen LogP contribution in [0.2, 0.25) is 0 Å². The first-order valence-electron chi connectivity index (χ1n) is 7.96. The van der Waals surface area contributed by atoms with Crippen molar-refractivity contribution in [1.29, 1.82) is 5.41 Å². The third-order valence-corrected chi connectivity index (χ3v) is 3.96. The van der Waals surface area contributed by atoms with Crippen LogP contribution in [0.5, 0.6) is 5.75 Å². The molecule has 0 unspecified atom stereocenters. The van der Waals surface area contributed by atoms with E-state index in [4.69, 9.17) is 16.0 Å². The SMILES string of the molecule is CC(=N)c1ccc(OCc2c(C)cccc2NC(=O)N(C)N)cc1C. The summed E-state index contributed by atoms with van der Waals surface area (Å²) in [7, 11) is 1.48. The van der Waals surface area contributed by atoms with Gasteiger partial charge in [-0.2, -0.15) is 0 Å². The molecule has 6 heteroatoms. The molecule has 2 aromatic carbocycles. The van der Waals surface area contributed by atoms with Gasteiger partial charge in [-0.15, -0.1) is 0 Å². The van der Waals surface area contributed by atoms with Gasteiger partial charge in [0, 0.05) is 24.0 Å². The zero-order chi connectivity index (χ0) is 18.6. The summed E-state index contributed by atoms with van der Waals surface area (Å²) < 4.78 is 5.90. The van der Waals surface area contributed by atoms with Gasteiger partial charge in [0.1, 0.15) is 12.4 Å². The highest BCUT2D eigenvalue weighted by Crippen LogP contribution is 2.24. The molecule has 0 aliphatic heterocycles. The molecule has 0 atom stereocenters. The number of hydrogen-bond acceptors (Lipinski definition) is 4. The number of hydrogen-bond donors (Lipinski definition) is 3. The summed E-state index contributed by atoms with van der Waals surface area (Å²) in [5.41, 5.74) is 5.00. The predicted octanol–water partition coefficient (Wildman–Crippen LogP) is 3.61. The van der Waals surface area contributed by atoms with Gasteiger partial charge < -0.3 is 15.5 Å². The average molecular weight is 340 g/mol. The second-order valence-corrected chi connectivity index (χ2v) is 6.03. The molecule has 0 aromatic heterocycles. The highest BCUT2D eigenvalue weighted by atomic mass is 16.5. The molecule has 0 radical (unpaired) electrons. The van der Waals surface area contributed by atoms with Gasteiger partial charge in [0.15, 0.2) is 0 Å². The van der Waals surface area contributed by atoms with Gasteiger partial charge in [-0.1, -0.05) is 12.1 Å². The number of carbonyl (C=O) groups excluding carboxylic acids is 1. The van der Waals surface area contributed by atoms with Crippen molar-refractivity contribution >= 4 is 17.4 Å². The van der Waals surface area contributed by atoms with Crippen molar-refractivity contribution in [3.63, 3.8) is 0 Å². The van der Waals surface area contributed by atoms with Crippen molar-refractivity contribution in [3.8, 4) is 5.75 Å². The minimum absolute atomic E-state index is 0.318. The predicted molar refractivity (Wildman–Crippen MR) is 100 cm³/mol. The van der Waals surface area contributed by atoms with Gasteiger partial charge >= 0.3 is 6.03 Å². The Morgan fingerprint density at radius 1 is 1.24 bits per heavy atom. The Kier molecular flexibility index (Phi) is 5.77. The Morgan fingerprint density at radius 3 is 2.56 bits per heavy atom. The molecule has 0 bridgehead atoms. The number of benzene rings is 2. The molecule has 0 spiro atoms. The summed E-state index contributed by atoms with van der Waals surface area (Å²) in [5, 5.41) is 11.5. The molecular formula is C19H24N4O2. The van der Waals surface area contributed by atoms with Crippen LogP contribution in [0, 0.1) is 19.3 Å². The number of aryl methyl sites for hydroxylation is 2. The molecule has 132 valence electrons. The van der Waals surface area contributed by atoms with Crippen molar-refractivity contribution in [2.75, 3.05) is 12.4 Å². The van der Waals surface area contributed by atoms with Gasteiger partial charge in [-0.3, -0.25) is 5.01 Å². The Labute approximate surface area is 148 Å². The average Bonchev–Trinajstić information content (AvgIpc) is 2.53. The topological polar surface area (TPSA) is 91.4 Å². The number of hydrazine groups is 1. The summed E-state index contributed by atoms with van der Waals surface area (Å²) in [6, 6.07) is 10.9. The fraction of sp³-hybridized carbons (Fsp3) is 0.263. The standard InChI is InChI=1S/C19H24N4O2/c1-12-6-5-7-18(22-19(24)23(4)21)17(12)11-25-15-8-9-16(14(3)20)13(2)10-15/h5-10,20H,11,21H2,1-4H3,(H,22,24). The van der Waals surface area contributed by atoms with Crippen molar-refractivity contribution in [2.24, 2.45) is 5.84 Å². The Bertz CT molecular complexity index is 800. The lowest BCUT2D eigenvalue weighted by molar-refractivity contribution is 0.223. The van der Waals surface area contributed by atoms with E-state index in [0.29, 0.717) is 18.0 Å². The first-order valence-corrected chi connectivity index (χ1v) is 7.96. The van der Waals surface area contributed by atoms with Gasteiger partial charge in [0.2, 0.25) is 0 Å². The van der Waals surface area contributed by atoms with Gasteiger partial charge in [0.05, 0.1) is 0 Å². The molecule has 2 amide bonds. The molecule has 6 nitrogen and oxygen atoms in total. The van der Waals surface area contributed by atoms with Crippen molar-refractivity contribution in [2.45, 2.75) is 27.4 Å². The Balaban J connectivity index is 2.19. The monoisotopic (exact) mass is 340 g/mol. The number of urea groups is 1. The largest absolute Gasteiger partial charge is 0.489 e. The molecule has 4 N–H and O–H groups in total. The van der Waals surface area contributed by atoms with E-state index in [1.165, 1.54) is 7.05 Å². The van der Waals surface area contributed by atoms with Crippen molar-refractivity contribution < 1.29 is 9.53 Å². The molecule has 0 saturated heterocycles. The molecule has 0 aliphatic carbocycles. The van der Waals surface area contributed by atoms with Crippen LogP contribution in [-0.4, -0.2) is 23.8 Å². The maximum atomic E-state index is 11.8. The third kappa shape index (κ3) is 4.58. The zero-order valence-electron chi connectivity index (χ0n) is 15.0. The molecule has 0 saturated carbocycles. The summed E-state index contributed by atoms with van der Waals surface area (Å²) in [6.45, 7) is 6.00. The molecule has 0 aliphatic rings. The van der Waals surface area contributed by atoms with Crippen molar-refractivity contribution in [1.82, 2.24) is 5.01 Å². The molecular weight excluding hydrogens is 316 g/mol. The fourth-order valence-electron chi connectivity index (χ4n) is 2.52. The lowest BCUT2D eigenvalue weighted by atomic mass is 10.0. The number of nitrogens with one attached hydrogen (secondary N) is 2. The summed E-state index contributed by atoms with van der Waals surface area (Å²) in [5.74, 6) is 6.19. The van der Waals surface area contributed by atoms with Crippen LogP contribution in [-0.2, 0) is 6.61 Å². The summed E-state index contributed by atoms with van der Waals surface area (Å²) in [4.78, 5) is 11.8. The van der Waals surface area contributed by atoms with Gasteiger partial charge in [0.25, 0.3) is 0 Å². The Morgan fingerprint density at radius 2 is 1.96 bits per heavy atom. The van der Waals surface area contributed by atoms with E-state index in [-0.39, 0.29) is 0 Å². The lowest BCUT2D eigenvalue weighted by Gasteiger charge is -2.17. The molecule has 0 fully saturated rings.